The summed E-state index contributed by atoms with van der Waals surface area (Å²) >= 11 is 5.90. The van der Waals surface area contributed by atoms with E-state index in [-0.39, 0.29) is 5.75 Å². The molecule has 2 aromatic carbocycles. The van der Waals surface area contributed by atoms with Gasteiger partial charge in [-0.3, -0.25) is 4.72 Å². The van der Waals surface area contributed by atoms with E-state index in [4.69, 9.17) is 16.3 Å². The largest absolute Gasteiger partial charge is 0.495 e. The first-order chi connectivity index (χ1) is 10.5. The molecule has 1 N–H and O–H groups in total. The molecule has 2 aromatic rings. The average molecular weight is 340 g/mol. The van der Waals surface area contributed by atoms with Gasteiger partial charge in [-0.15, -0.1) is 0 Å². The van der Waals surface area contributed by atoms with Crippen molar-refractivity contribution in [1.82, 2.24) is 0 Å². The molecule has 0 fully saturated rings. The molecule has 0 radical (unpaired) electrons. The Hall–Kier alpha value is -1.72. The second-order valence-corrected chi connectivity index (χ2v) is 7.13. The Bertz CT molecular complexity index is 717. The lowest BCUT2D eigenvalue weighted by atomic mass is 10.1. The second-order valence-electron chi connectivity index (χ2n) is 4.85. The minimum absolute atomic E-state index is 0.0392. The van der Waals surface area contributed by atoms with E-state index in [2.05, 4.69) is 4.72 Å². The van der Waals surface area contributed by atoms with E-state index in [9.17, 15) is 8.42 Å². The molecule has 0 atom stereocenters. The second kappa shape index (κ2) is 7.51. The Balaban J connectivity index is 1.98. The minimum Gasteiger partial charge on any atom is -0.495 e. The number of anilines is 1. The van der Waals surface area contributed by atoms with Crippen molar-refractivity contribution in [3.8, 4) is 5.75 Å². The van der Waals surface area contributed by atoms with Crippen LogP contribution in [0.4, 0.5) is 5.69 Å². The van der Waals surface area contributed by atoms with Gasteiger partial charge in [-0.05, 0) is 36.6 Å². The lowest BCUT2D eigenvalue weighted by Crippen LogP contribution is -2.17. The van der Waals surface area contributed by atoms with Gasteiger partial charge in [0.1, 0.15) is 5.75 Å². The number of sulfonamides is 1. The van der Waals surface area contributed by atoms with Crippen LogP contribution in [0, 0.1) is 0 Å². The van der Waals surface area contributed by atoms with E-state index in [0.29, 0.717) is 29.3 Å². The number of ether oxygens (including phenoxy) is 1. The number of nitrogens with one attached hydrogen (secondary N) is 1. The number of aryl methyl sites for hydroxylation is 1. The van der Waals surface area contributed by atoms with Crippen molar-refractivity contribution in [2.24, 2.45) is 0 Å². The van der Waals surface area contributed by atoms with Gasteiger partial charge in [-0.25, -0.2) is 8.42 Å². The van der Waals surface area contributed by atoms with E-state index in [1.807, 2.05) is 30.3 Å². The summed E-state index contributed by atoms with van der Waals surface area (Å²) in [5, 5.41) is 0.447. The van der Waals surface area contributed by atoms with Gasteiger partial charge >= 0.3 is 0 Å². The molecule has 0 saturated heterocycles. The molecule has 118 valence electrons. The van der Waals surface area contributed by atoms with Crippen LogP contribution in [-0.2, 0) is 16.4 Å². The lowest BCUT2D eigenvalue weighted by molar-refractivity contribution is 0.417. The summed E-state index contributed by atoms with van der Waals surface area (Å²) in [6.07, 6.45) is 1.26. The lowest BCUT2D eigenvalue weighted by Gasteiger charge is -2.12. The quantitative estimate of drug-likeness (QED) is 0.836. The van der Waals surface area contributed by atoms with Gasteiger partial charge in [-0.1, -0.05) is 41.9 Å². The van der Waals surface area contributed by atoms with Crippen LogP contribution in [-0.4, -0.2) is 21.3 Å². The molecule has 0 aliphatic heterocycles. The van der Waals surface area contributed by atoms with Gasteiger partial charge in [-0.2, -0.15) is 0 Å². The van der Waals surface area contributed by atoms with E-state index in [1.54, 1.807) is 12.1 Å². The van der Waals surface area contributed by atoms with Crippen molar-refractivity contribution < 1.29 is 13.2 Å². The summed E-state index contributed by atoms with van der Waals surface area (Å²) in [4.78, 5) is 0. The minimum atomic E-state index is -3.44. The molecule has 0 bridgehead atoms. The number of benzene rings is 2. The predicted octanol–water partition coefficient (Wildman–Crippen LogP) is 3.72. The molecular formula is C16H18ClNO3S. The predicted molar refractivity (Wildman–Crippen MR) is 90.2 cm³/mol. The number of hydrogen-bond acceptors (Lipinski definition) is 3. The Kier molecular flexibility index (Phi) is 5.69. The monoisotopic (exact) mass is 339 g/mol. The molecule has 0 saturated carbocycles. The zero-order chi connectivity index (χ0) is 16.0. The van der Waals surface area contributed by atoms with Crippen molar-refractivity contribution >= 4 is 27.3 Å². The van der Waals surface area contributed by atoms with Crippen molar-refractivity contribution in [3.05, 3.63) is 59.1 Å². The van der Waals surface area contributed by atoms with Crippen LogP contribution in [0.1, 0.15) is 12.0 Å². The highest BCUT2D eigenvalue weighted by Gasteiger charge is 2.14. The van der Waals surface area contributed by atoms with Crippen LogP contribution in [0.15, 0.2) is 48.5 Å². The van der Waals surface area contributed by atoms with Crippen LogP contribution in [0.5, 0.6) is 5.75 Å². The topological polar surface area (TPSA) is 55.4 Å². The molecule has 2 rings (SSSR count). The van der Waals surface area contributed by atoms with Gasteiger partial charge in [0.15, 0.2) is 0 Å². The van der Waals surface area contributed by atoms with E-state index >= 15 is 0 Å². The van der Waals surface area contributed by atoms with Gasteiger partial charge in [0, 0.05) is 5.02 Å². The number of halogens is 1. The maximum Gasteiger partial charge on any atom is 0.232 e. The molecule has 0 unspecified atom stereocenters. The van der Waals surface area contributed by atoms with Crippen LogP contribution in [0.2, 0.25) is 5.02 Å². The van der Waals surface area contributed by atoms with E-state index in [0.717, 1.165) is 5.56 Å². The molecule has 4 nitrogen and oxygen atoms in total. The molecule has 0 aliphatic carbocycles. The first kappa shape index (κ1) is 16.6. The van der Waals surface area contributed by atoms with Gasteiger partial charge in [0.05, 0.1) is 18.6 Å². The molecule has 0 amide bonds. The summed E-state index contributed by atoms with van der Waals surface area (Å²) in [5.74, 6) is 0.480. The Morgan fingerprint density at radius 2 is 1.86 bits per heavy atom. The summed E-state index contributed by atoms with van der Waals surface area (Å²) in [6.45, 7) is 0. The van der Waals surface area contributed by atoms with Crippen LogP contribution in [0.3, 0.4) is 0 Å². The number of rotatable bonds is 7. The maximum absolute atomic E-state index is 12.2. The Morgan fingerprint density at radius 1 is 1.14 bits per heavy atom. The SMILES string of the molecule is COc1ccc(Cl)cc1NS(=O)(=O)CCCc1ccccc1. The highest BCUT2D eigenvalue weighted by atomic mass is 35.5. The normalized spacial score (nSPS) is 11.2. The summed E-state index contributed by atoms with van der Waals surface area (Å²) in [6, 6.07) is 14.6. The fourth-order valence-corrected chi connectivity index (χ4v) is 3.38. The average Bonchev–Trinajstić information content (AvgIpc) is 2.48. The van der Waals surface area contributed by atoms with Crippen molar-refractivity contribution in [3.63, 3.8) is 0 Å². The number of hydrogen-bond donors (Lipinski definition) is 1. The first-order valence-electron chi connectivity index (χ1n) is 6.88. The molecule has 22 heavy (non-hydrogen) atoms. The third kappa shape index (κ3) is 4.93. The third-order valence-corrected chi connectivity index (χ3v) is 4.74. The van der Waals surface area contributed by atoms with Gasteiger partial charge in [0.25, 0.3) is 0 Å². The number of methoxy groups -OCH3 is 1. The molecule has 6 heteroatoms. The molecule has 0 aliphatic rings. The third-order valence-electron chi connectivity index (χ3n) is 3.15. The van der Waals surface area contributed by atoms with E-state index in [1.165, 1.54) is 13.2 Å². The zero-order valence-corrected chi connectivity index (χ0v) is 13.8. The molecular weight excluding hydrogens is 322 g/mol. The molecule has 0 spiro atoms. The smallest absolute Gasteiger partial charge is 0.232 e. The summed E-state index contributed by atoms with van der Waals surface area (Å²) < 4.78 is 32.0. The standard InChI is InChI=1S/C16H18ClNO3S/c1-21-16-10-9-14(17)12-15(16)18-22(19,20)11-5-8-13-6-3-2-4-7-13/h2-4,6-7,9-10,12,18H,5,8,11H2,1H3. The Morgan fingerprint density at radius 3 is 2.55 bits per heavy atom. The highest BCUT2D eigenvalue weighted by molar-refractivity contribution is 7.92. The van der Waals surface area contributed by atoms with Crippen LogP contribution in [0.25, 0.3) is 0 Å². The van der Waals surface area contributed by atoms with Crippen LogP contribution >= 0.6 is 11.6 Å². The highest BCUT2D eigenvalue weighted by Crippen LogP contribution is 2.28. The van der Waals surface area contributed by atoms with Crippen LogP contribution < -0.4 is 9.46 Å². The van der Waals surface area contributed by atoms with Crippen molar-refractivity contribution in [2.75, 3.05) is 17.6 Å². The summed E-state index contributed by atoms with van der Waals surface area (Å²) in [5.41, 5.74) is 1.48. The Labute approximate surface area is 136 Å². The van der Waals surface area contributed by atoms with Crippen molar-refractivity contribution in [1.29, 1.82) is 0 Å². The summed E-state index contributed by atoms with van der Waals surface area (Å²) in [7, 11) is -1.96. The molecule has 0 aromatic heterocycles. The first-order valence-corrected chi connectivity index (χ1v) is 8.91. The van der Waals surface area contributed by atoms with Gasteiger partial charge in [0.2, 0.25) is 10.0 Å². The van der Waals surface area contributed by atoms with Gasteiger partial charge < -0.3 is 4.74 Å². The van der Waals surface area contributed by atoms with Crippen molar-refractivity contribution in [2.45, 2.75) is 12.8 Å². The van der Waals surface area contributed by atoms with E-state index < -0.39 is 10.0 Å². The maximum atomic E-state index is 12.2. The fraction of sp³-hybridized carbons (Fsp3) is 0.250. The zero-order valence-electron chi connectivity index (χ0n) is 12.3. The fourth-order valence-electron chi connectivity index (χ4n) is 2.09. The molecule has 0 heterocycles.